The molecule has 0 spiro atoms. The minimum atomic E-state index is -3.68. The second-order valence-corrected chi connectivity index (χ2v) is 11.9. The molecule has 2 heterocycles. The van der Waals surface area contributed by atoms with Crippen molar-refractivity contribution in [3.63, 3.8) is 0 Å². The molecule has 1 N–H and O–H groups in total. The number of hydrogen-bond donors (Lipinski definition) is 1. The number of nitrogens with zero attached hydrogens (tertiary/aromatic N) is 3. The van der Waals surface area contributed by atoms with E-state index in [4.69, 9.17) is 27.9 Å². The summed E-state index contributed by atoms with van der Waals surface area (Å²) in [6, 6.07) is 12.0. The molecule has 9 nitrogen and oxygen atoms in total. The Morgan fingerprint density at radius 2 is 1.63 bits per heavy atom. The number of hydrogen-bond acceptors (Lipinski definition) is 6. The van der Waals surface area contributed by atoms with E-state index >= 15 is 0 Å². The maximum absolute atomic E-state index is 13.2. The van der Waals surface area contributed by atoms with E-state index in [9.17, 15) is 18.0 Å². The van der Waals surface area contributed by atoms with Crippen molar-refractivity contribution >= 4 is 45.2 Å². The SMILES string of the molecule is CCOC(=O)C1=C(CN2CCCN(S(=O)(=O)c3ccc(Cl)cc3)CC2)N(C)C(=O)N[C@H]1c1ccc(Cl)cc1. The van der Waals surface area contributed by atoms with Crippen LogP contribution in [0.25, 0.3) is 0 Å². The number of urea groups is 1. The highest BCUT2D eigenvalue weighted by atomic mass is 35.5. The number of carbonyl (C=O) groups excluding carboxylic acids is 2. The Balaban J connectivity index is 1.61. The molecule has 2 aromatic carbocycles. The summed E-state index contributed by atoms with van der Waals surface area (Å²) in [7, 11) is -2.07. The lowest BCUT2D eigenvalue weighted by molar-refractivity contribution is -0.139. The van der Waals surface area contributed by atoms with E-state index in [-0.39, 0.29) is 30.6 Å². The van der Waals surface area contributed by atoms with Crippen LogP contribution in [0, 0.1) is 0 Å². The van der Waals surface area contributed by atoms with Gasteiger partial charge in [-0.1, -0.05) is 35.3 Å². The molecular formula is C26H30Cl2N4O5S. The highest BCUT2D eigenvalue weighted by Gasteiger charge is 2.38. The van der Waals surface area contributed by atoms with Gasteiger partial charge >= 0.3 is 12.0 Å². The van der Waals surface area contributed by atoms with Crippen molar-refractivity contribution in [3.05, 3.63) is 75.4 Å². The first-order valence-corrected chi connectivity index (χ1v) is 14.5. The third-order valence-corrected chi connectivity index (χ3v) is 9.06. The molecule has 12 heteroatoms. The van der Waals surface area contributed by atoms with Gasteiger partial charge in [0.25, 0.3) is 0 Å². The quantitative estimate of drug-likeness (QED) is 0.498. The van der Waals surface area contributed by atoms with Crippen molar-refractivity contribution in [2.75, 3.05) is 46.4 Å². The van der Waals surface area contributed by atoms with Crippen molar-refractivity contribution in [2.45, 2.75) is 24.3 Å². The number of esters is 1. The summed E-state index contributed by atoms with van der Waals surface area (Å²) in [5.41, 5.74) is 1.56. The van der Waals surface area contributed by atoms with Crippen LogP contribution >= 0.6 is 23.2 Å². The van der Waals surface area contributed by atoms with Crippen LogP contribution < -0.4 is 5.32 Å². The standard InChI is InChI=1S/C26H30Cl2N4O5S/c1-3-37-25(33)23-22(30(2)26(34)29-24(23)18-5-7-19(27)8-6-18)17-31-13-4-14-32(16-15-31)38(35,36)21-11-9-20(28)10-12-21/h5-12,24H,3-4,13-17H2,1-2H3,(H,29,34)/t24-/m0/s1. The zero-order chi connectivity index (χ0) is 27.4. The first-order chi connectivity index (χ1) is 18.1. The number of amides is 2. The van der Waals surface area contributed by atoms with Gasteiger partial charge in [0.15, 0.2) is 0 Å². The number of rotatable bonds is 7. The maximum Gasteiger partial charge on any atom is 0.338 e. The first kappa shape index (κ1) is 28.4. The summed E-state index contributed by atoms with van der Waals surface area (Å²) in [5.74, 6) is -0.518. The number of sulfonamides is 1. The molecule has 0 saturated carbocycles. The Hall–Kier alpha value is -2.63. The van der Waals surface area contributed by atoms with Crippen molar-refractivity contribution in [1.29, 1.82) is 0 Å². The predicted octanol–water partition coefficient (Wildman–Crippen LogP) is 3.90. The molecule has 0 unspecified atom stereocenters. The summed E-state index contributed by atoms with van der Waals surface area (Å²) >= 11 is 12.0. The molecule has 1 fully saturated rings. The molecule has 2 aliphatic heterocycles. The zero-order valence-electron chi connectivity index (χ0n) is 21.2. The van der Waals surface area contributed by atoms with Gasteiger partial charge in [-0.15, -0.1) is 0 Å². The average molecular weight is 582 g/mol. The Labute approximate surface area is 233 Å². The molecule has 0 aliphatic carbocycles. The molecule has 2 aliphatic rings. The second kappa shape index (κ2) is 12.0. The lowest BCUT2D eigenvalue weighted by Gasteiger charge is -2.36. The molecule has 4 rings (SSSR count). The van der Waals surface area contributed by atoms with E-state index in [1.165, 1.54) is 21.3 Å². The van der Waals surface area contributed by atoms with Crippen LogP contribution in [0.4, 0.5) is 4.79 Å². The predicted molar refractivity (Wildman–Crippen MR) is 145 cm³/mol. The molecule has 2 aromatic rings. The van der Waals surface area contributed by atoms with Gasteiger partial charge in [-0.3, -0.25) is 9.80 Å². The Bertz CT molecular complexity index is 1320. The van der Waals surface area contributed by atoms with Gasteiger partial charge in [-0.25, -0.2) is 18.0 Å². The van der Waals surface area contributed by atoms with Crippen molar-refractivity contribution in [2.24, 2.45) is 0 Å². The summed E-state index contributed by atoms with van der Waals surface area (Å²) in [6.07, 6.45) is 0.589. The lowest BCUT2D eigenvalue weighted by Crippen LogP contribution is -2.49. The number of benzene rings is 2. The maximum atomic E-state index is 13.2. The minimum absolute atomic E-state index is 0.182. The van der Waals surface area contributed by atoms with Crippen LogP contribution in [0.5, 0.6) is 0 Å². The van der Waals surface area contributed by atoms with Crippen LogP contribution in [-0.2, 0) is 19.6 Å². The lowest BCUT2D eigenvalue weighted by atomic mass is 9.94. The van der Waals surface area contributed by atoms with Crippen LogP contribution in [-0.4, -0.2) is 80.9 Å². The van der Waals surface area contributed by atoms with E-state index < -0.39 is 22.0 Å². The summed E-state index contributed by atoms with van der Waals surface area (Å²) in [5, 5.41) is 3.90. The molecule has 1 saturated heterocycles. The second-order valence-electron chi connectivity index (χ2n) is 9.06. The van der Waals surface area contributed by atoms with E-state index in [0.29, 0.717) is 52.9 Å². The van der Waals surface area contributed by atoms with Gasteiger partial charge in [-0.2, -0.15) is 4.31 Å². The fraction of sp³-hybridized carbons (Fsp3) is 0.385. The van der Waals surface area contributed by atoms with Crippen molar-refractivity contribution in [3.8, 4) is 0 Å². The highest BCUT2D eigenvalue weighted by molar-refractivity contribution is 7.89. The molecule has 204 valence electrons. The number of ether oxygens (including phenoxy) is 1. The third-order valence-electron chi connectivity index (χ3n) is 6.65. The van der Waals surface area contributed by atoms with E-state index in [0.717, 1.165) is 0 Å². The summed E-state index contributed by atoms with van der Waals surface area (Å²) in [6.45, 7) is 3.82. The normalized spacial score (nSPS) is 19.7. The van der Waals surface area contributed by atoms with E-state index in [1.54, 1.807) is 50.4 Å². The molecular weight excluding hydrogens is 551 g/mol. The van der Waals surface area contributed by atoms with Gasteiger partial charge in [0.1, 0.15) is 0 Å². The summed E-state index contributed by atoms with van der Waals surface area (Å²) in [4.78, 5) is 29.8. The van der Waals surface area contributed by atoms with Crippen LogP contribution in [0.2, 0.25) is 10.0 Å². The minimum Gasteiger partial charge on any atom is -0.463 e. The first-order valence-electron chi connectivity index (χ1n) is 12.3. The van der Waals surface area contributed by atoms with Gasteiger partial charge < -0.3 is 10.1 Å². The smallest absolute Gasteiger partial charge is 0.338 e. The monoisotopic (exact) mass is 580 g/mol. The molecule has 38 heavy (non-hydrogen) atoms. The Morgan fingerprint density at radius 1 is 1.00 bits per heavy atom. The number of likely N-dealkylation sites (N-methyl/N-ethyl adjacent to an activating group) is 1. The number of halogens is 2. The fourth-order valence-electron chi connectivity index (χ4n) is 4.62. The highest BCUT2D eigenvalue weighted by Crippen LogP contribution is 2.32. The van der Waals surface area contributed by atoms with Gasteiger partial charge in [0.05, 0.1) is 23.1 Å². The topological polar surface area (TPSA) is 99.3 Å². The molecule has 1 atom stereocenters. The Morgan fingerprint density at radius 3 is 2.26 bits per heavy atom. The van der Waals surface area contributed by atoms with Gasteiger partial charge in [0, 0.05) is 49.0 Å². The van der Waals surface area contributed by atoms with Crippen molar-refractivity contribution in [1.82, 2.24) is 19.4 Å². The molecule has 2 amide bonds. The third kappa shape index (κ3) is 6.16. The van der Waals surface area contributed by atoms with Crippen molar-refractivity contribution < 1.29 is 22.7 Å². The fourth-order valence-corrected chi connectivity index (χ4v) is 6.34. The van der Waals surface area contributed by atoms with E-state index in [1.807, 2.05) is 0 Å². The largest absolute Gasteiger partial charge is 0.463 e. The van der Waals surface area contributed by atoms with Gasteiger partial charge in [-0.05, 0) is 61.9 Å². The van der Waals surface area contributed by atoms with Gasteiger partial charge in [0.2, 0.25) is 10.0 Å². The van der Waals surface area contributed by atoms with Crippen LogP contribution in [0.15, 0.2) is 64.7 Å². The number of carbonyl (C=O) groups is 2. The average Bonchev–Trinajstić information content (AvgIpc) is 3.13. The van der Waals surface area contributed by atoms with E-state index in [2.05, 4.69) is 10.2 Å². The molecule has 0 radical (unpaired) electrons. The van der Waals surface area contributed by atoms with Crippen LogP contribution in [0.1, 0.15) is 24.9 Å². The molecule has 0 aromatic heterocycles. The zero-order valence-corrected chi connectivity index (χ0v) is 23.5. The Kier molecular flexibility index (Phi) is 9.00. The summed E-state index contributed by atoms with van der Waals surface area (Å²) < 4.78 is 33.3. The van der Waals surface area contributed by atoms with Crippen LogP contribution in [0.3, 0.4) is 0 Å². The number of nitrogens with one attached hydrogen (secondary N) is 1. The molecule has 0 bridgehead atoms.